The van der Waals surface area contributed by atoms with Crippen LogP contribution in [-0.2, 0) is 62.8 Å². The lowest BCUT2D eigenvalue weighted by atomic mass is 9.79. The zero-order valence-corrected chi connectivity index (χ0v) is 85.0. The molecule has 27 nitrogen and oxygen atoms in total. The Kier molecular flexibility index (Phi) is 44.7. The number of amides is 6. The fraction of sp³-hybridized carbons (Fsp3) is 0.495. The second-order valence-electron chi connectivity index (χ2n) is 38.3. The van der Waals surface area contributed by atoms with Gasteiger partial charge in [-0.05, 0) is 284 Å². The molecule has 145 heavy (non-hydrogen) atoms. The molecule has 5 aromatic heterocycles. The third-order valence-corrected chi connectivity index (χ3v) is 27.2. The van der Waals surface area contributed by atoms with Crippen molar-refractivity contribution in [2.75, 3.05) is 74.6 Å². The minimum Gasteiger partial charge on any atom is -0.496 e. The Morgan fingerprint density at radius 1 is 0.441 bits per heavy atom. The first-order chi connectivity index (χ1) is 69.2. The van der Waals surface area contributed by atoms with Crippen molar-refractivity contribution in [3.05, 3.63) is 206 Å². The summed E-state index contributed by atoms with van der Waals surface area (Å²) in [7, 11) is 9.33. The molecular weight excluding hydrogens is 1870 g/mol. The lowest BCUT2D eigenvalue weighted by Gasteiger charge is -2.35. The number of carbonyl (C=O) groups excluding carboxylic acids is 6. The van der Waals surface area contributed by atoms with Crippen LogP contribution < -0.4 is 60.3 Å². The normalized spacial score (nSPS) is 20.5. The molecule has 6 N–H and O–H groups in total. The highest BCUT2D eigenvalue weighted by Crippen LogP contribution is 2.62. The third-order valence-electron chi connectivity index (χ3n) is 27.2. The van der Waals surface area contributed by atoms with Crippen molar-refractivity contribution in [1.29, 1.82) is 5.26 Å². The van der Waals surface area contributed by atoms with E-state index in [-0.39, 0.29) is 77.4 Å². The predicted molar refractivity (Wildman–Crippen MR) is 550 cm³/mol. The molecule has 784 valence electrons. The second-order valence-corrected chi connectivity index (χ2v) is 38.3. The van der Waals surface area contributed by atoms with Crippen LogP contribution in [0.5, 0.6) is 35.0 Å². The molecular formula is C111H141F7N12O15. The van der Waals surface area contributed by atoms with E-state index in [2.05, 4.69) is 115 Å². The summed E-state index contributed by atoms with van der Waals surface area (Å²) in [6, 6.07) is 16.2. The monoisotopic (exact) mass is 2020 g/mol. The average molecular weight is 2020 g/mol. The molecule has 0 unspecified atom stereocenters. The van der Waals surface area contributed by atoms with Crippen molar-refractivity contribution in [3.8, 4) is 41.1 Å². The first-order valence-corrected chi connectivity index (χ1v) is 49.4. The molecule has 0 bridgehead atoms. The summed E-state index contributed by atoms with van der Waals surface area (Å²) in [5.74, 6) is -6.07. The van der Waals surface area contributed by atoms with E-state index in [4.69, 9.17) is 42.6 Å². The van der Waals surface area contributed by atoms with E-state index < -0.39 is 47.1 Å². The first kappa shape index (κ1) is 116. The van der Waals surface area contributed by atoms with Gasteiger partial charge in [-0.2, -0.15) is 10.2 Å². The number of benzene rings is 1. The number of nitrogens with zero attached hydrogens (tertiary/aromatic N) is 6. The third kappa shape index (κ3) is 37.6. The van der Waals surface area contributed by atoms with Crippen LogP contribution >= 0.6 is 0 Å². The van der Waals surface area contributed by atoms with Gasteiger partial charge in [0.25, 0.3) is 0 Å². The molecule has 1 aromatic carbocycles. The fourth-order valence-corrected chi connectivity index (χ4v) is 18.3. The Labute approximate surface area is 847 Å². The Morgan fingerprint density at radius 2 is 0.848 bits per heavy atom. The molecule has 0 saturated heterocycles. The number of methoxy groups -OCH3 is 6. The summed E-state index contributed by atoms with van der Waals surface area (Å²) in [6.45, 7) is 26.2. The number of hydrogen-bond donors (Lipinski definition) is 6. The Balaban J connectivity index is 0.000000194. The Bertz CT molecular complexity index is 5520. The van der Waals surface area contributed by atoms with Crippen LogP contribution in [-0.4, -0.2) is 145 Å². The summed E-state index contributed by atoms with van der Waals surface area (Å²) in [4.78, 5) is 89.8. The van der Waals surface area contributed by atoms with Crippen molar-refractivity contribution in [1.82, 2.24) is 24.9 Å². The molecule has 0 aliphatic heterocycles. The van der Waals surface area contributed by atoms with E-state index in [1.165, 1.54) is 115 Å². The highest BCUT2D eigenvalue weighted by molar-refractivity contribution is 6.02. The van der Waals surface area contributed by atoms with Gasteiger partial charge in [-0.3, -0.25) is 28.8 Å². The van der Waals surface area contributed by atoms with Gasteiger partial charge in [-0.15, -0.1) is 0 Å². The van der Waals surface area contributed by atoms with Gasteiger partial charge >= 0.3 is 0 Å². The predicted octanol–water partition coefficient (Wildman–Crippen LogP) is 24.6. The number of allylic oxidation sites excluding steroid dienone is 3. The zero-order valence-electron chi connectivity index (χ0n) is 85.0. The average Bonchev–Trinajstić information content (AvgIpc) is 1.59. The number of nitriles is 1. The van der Waals surface area contributed by atoms with Crippen LogP contribution in [0.25, 0.3) is 18.2 Å². The quantitative estimate of drug-likeness (QED) is 0.0155. The van der Waals surface area contributed by atoms with Crippen molar-refractivity contribution < 1.29 is 102 Å². The standard InChI is InChI=1S/C22H28F2N2O2.C20H23F2N3O2.C18H24F2N2O3.C18H23NO2.C17H23FN2O3.C16H20N2O3/c1-4-19(27)25-18-13-16(21(28-3)20(26-18)15-9-10-15)8-5-14-6-11-17(12-7-14)22(2,23)24;1-4-18(26)24-16-11-14(19(27-3)25-17(16)12-23)8-5-13-6-9-15(10-7-13)20(2,21)22;1-4-16(23)22-14-9-12(17(24-3)21-10-14)11-25-15-7-5-13(6-8-15)18(2,19)20;1-3-18(20)19-16-11-12-17(21-2)15(13-16)10-6-9-14-7-4-5-8-14;1-4-15(21)20-13-9-12(16(22-3)19-10-13)11-23-14-5-7-17(2,18)8-6-14;1-3-14(19)18-12-6-11(15(20-2)17-9-12)10-21-13-7-16(8-13)4-5-16/h4-5,8,13-15,17H,1,6-7,9-12H2,2-3H3,(H,25,26,27);4-5,8,11,13,15H,1,6-7,9-10H2,2-3H3,(H,24,26);4,9-10,13,15H,1,5-8,11H2,2-3H3,(H,22,23);3,6,10-14H,1,4-5,7-9H2,2H3,(H,19,20);4,9-10,14H,1,5-8,11H2,2-3H3,(H,20,21);3,6,9,13H,1,4-5,7-8,10H2,2H3,(H,18,19)/b2*8-5+;;10-6+;;. The molecule has 8 saturated carbocycles. The van der Waals surface area contributed by atoms with E-state index in [1.807, 2.05) is 42.5 Å². The molecule has 6 aromatic rings. The van der Waals surface area contributed by atoms with Gasteiger partial charge in [0, 0.05) is 62.7 Å². The largest absolute Gasteiger partial charge is 0.496 e. The zero-order chi connectivity index (χ0) is 106. The number of rotatable bonds is 38. The fourth-order valence-electron chi connectivity index (χ4n) is 18.3. The number of pyridine rings is 5. The van der Waals surface area contributed by atoms with Crippen LogP contribution in [0.3, 0.4) is 0 Å². The van der Waals surface area contributed by atoms with Crippen LogP contribution in [0.1, 0.15) is 252 Å². The van der Waals surface area contributed by atoms with E-state index >= 15 is 0 Å². The summed E-state index contributed by atoms with van der Waals surface area (Å²) in [5, 5.41) is 25.2. The van der Waals surface area contributed by atoms with Crippen molar-refractivity contribution >= 4 is 87.9 Å². The number of ether oxygens (including phenoxy) is 9. The molecule has 14 rings (SSSR count). The van der Waals surface area contributed by atoms with Gasteiger partial charge in [0.05, 0.1) is 128 Å². The maximum Gasteiger partial charge on any atom is 0.248 e. The Morgan fingerprint density at radius 3 is 1.25 bits per heavy atom. The molecule has 5 heterocycles. The Hall–Kier alpha value is -12.9. The molecule has 34 heteroatoms. The number of nitrogens with one attached hydrogen (secondary N) is 6. The number of hydrogen-bond acceptors (Lipinski definition) is 21. The SMILES string of the molecule is C=CC(=O)Nc1cc(/C=C/C2CCC(C(C)(F)F)CC2)c(OC)c(C2CC2)n1.C=CC(=O)Nc1cc(/C=C/C2CCC(C(C)(F)F)CC2)c(OC)nc1C#N.C=CC(=O)Nc1ccc(OC)c(/C=C/CC2CCCC2)c1.C=CC(=O)Nc1cnc(OC)c(COC2CC3(CC3)C2)c1.C=CC(=O)Nc1cnc(OC)c(COC2CCC(C(C)(F)F)CC2)c1.C=CC(=O)Nc1cnc(OC)c(COC2CCC(C)(F)CC2)c1. The van der Waals surface area contributed by atoms with Gasteiger partial charge in [0.15, 0.2) is 5.69 Å². The first-order valence-electron chi connectivity index (χ1n) is 49.4. The van der Waals surface area contributed by atoms with Crippen molar-refractivity contribution in [2.45, 2.75) is 269 Å². The van der Waals surface area contributed by atoms with Crippen LogP contribution in [0.4, 0.5) is 65.0 Å². The second kappa shape index (κ2) is 56.0. The van der Waals surface area contributed by atoms with Crippen LogP contribution in [0.2, 0.25) is 0 Å². The van der Waals surface area contributed by atoms with E-state index in [1.54, 1.807) is 64.8 Å². The molecule has 1 spiro atoms. The van der Waals surface area contributed by atoms with Gasteiger partial charge < -0.3 is 74.5 Å². The van der Waals surface area contributed by atoms with Gasteiger partial charge in [-0.25, -0.2) is 50.7 Å². The molecule has 0 radical (unpaired) electrons. The summed E-state index contributed by atoms with van der Waals surface area (Å²) in [5.41, 5.74) is 7.84. The summed E-state index contributed by atoms with van der Waals surface area (Å²) < 4.78 is 144. The van der Waals surface area contributed by atoms with E-state index in [0.717, 1.165) is 110 Å². The van der Waals surface area contributed by atoms with Crippen molar-refractivity contribution in [3.63, 3.8) is 0 Å². The number of anilines is 6. The van der Waals surface area contributed by atoms with Crippen LogP contribution in [0.15, 0.2) is 161 Å². The highest BCUT2D eigenvalue weighted by atomic mass is 19.3. The van der Waals surface area contributed by atoms with E-state index in [0.29, 0.717) is 172 Å². The molecule has 8 aliphatic carbocycles. The molecule has 6 amide bonds. The number of halogens is 7. The molecule has 8 aliphatic rings. The number of aromatic nitrogens is 5. The number of alkyl halides is 7. The highest BCUT2D eigenvalue weighted by Gasteiger charge is 2.53. The molecule has 0 atom stereocenters. The number of carbonyl (C=O) groups is 6. The van der Waals surface area contributed by atoms with Crippen LogP contribution in [0, 0.1) is 52.3 Å². The van der Waals surface area contributed by atoms with E-state index in [9.17, 15) is 64.8 Å². The lowest BCUT2D eigenvalue weighted by Crippen LogP contribution is -2.32. The van der Waals surface area contributed by atoms with Gasteiger partial charge in [-0.1, -0.05) is 102 Å². The van der Waals surface area contributed by atoms with Gasteiger partial charge in [0.1, 0.15) is 29.1 Å². The lowest BCUT2D eigenvalue weighted by molar-refractivity contribution is -0.112. The minimum absolute atomic E-state index is 0.0323. The minimum atomic E-state index is -2.63. The smallest absolute Gasteiger partial charge is 0.248 e. The maximum atomic E-state index is 13.8. The summed E-state index contributed by atoms with van der Waals surface area (Å²) >= 11 is 0. The summed E-state index contributed by atoms with van der Waals surface area (Å²) in [6.07, 6.45) is 47.4. The molecule has 8 fully saturated rings. The van der Waals surface area contributed by atoms with Gasteiger partial charge in [0.2, 0.25) is 76.7 Å². The maximum absolute atomic E-state index is 13.8. The van der Waals surface area contributed by atoms with Crippen molar-refractivity contribution in [2.24, 2.45) is 40.9 Å². The topological polar surface area (TPSA) is 346 Å².